The Morgan fingerprint density at radius 2 is 1.45 bits per heavy atom. The smallest absolute Gasteiger partial charge is 0.280 e. The maximum absolute atomic E-state index is 11.5. The van der Waals surface area contributed by atoms with Gasteiger partial charge in [0.05, 0.1) is 0 Å². The van der Waals surface area contributed by atoms with Gasteiger partial charge in [-0.05, 0) is 36.4 Å². The van der Waals surface area contributed by atoms with E-state index in [-0.39, 0.29) is 18.4 Å². The number of rotatable bonds is 3. The molecule has 0 unspecified atom stereocenters. The second-order valence-electron chi connectivity index (χ2n) is 3.78. The Hall–Kier alpha value is -2.53. The molecule has 0 aliphatic carbocycles. The van der Waals surface area contributed by atoms with Gasteiger partial charge in [0.2, 0.25) is 0 Å². The Balaban J connectivity index is 0.00000200. The molecule has 0 spiro atoms. The van der Waals surface area contributed by atoms with Crippen LogP contribution in [0.15, 0.2) is 59.6 Å². The Morgan fingerprint density at radius 3 is 2.00 bits per heavy atom. The molecule has 0 aliphatic rings. The topological polar surface area (TPSA) is 90.7 Å². The quantitative estimate of drug-likeness (QED) is 0.670. The fourth-order valence-corrected chi connectivity index (χ4v) is 1.47. The fraction of sp³-hybridized carbons (Fsp3) is 0. The van der Waals surface area contributed by atoms with Gasteiger partial charge in [0, 0.05) is 5.56 Å². The van der Waals surface area contributed by atoms with Crippen LogP contribution in [0.5, 0.6) is 11.5 Å². The Kier molecular flexibility index (Phi) is 5.56. The van der Waals surface area contributed by atoms with E-state index in [2.05, 4.69) is 4.99 Å². The van der Waals surface area contributed by atoms with Crippen LogP contribution in [0.2, 0.25) is 0 Å². The SMILES string of the molecule is Cl.NC(N)=NC(=O)c1ccc(Oc2ccccc2)cc1. The highest BCUT2D eigenvalue weighted by atomic mass is 35.5. The summed E-state index contributed by atoms with van der Waals surface area (Å²) in [6.07, 6.45) is 0. The third kappa shape index (κ3) is 4.29. The first-order chi connectivity index (χ1) is 9.15. The lowest BCUT2D eigenvalue weighted by Crippen LogP contribution is -2.24. The lowest BCUT2D eigenvalue weighted by Gasteiger charge is -2.05. The molecule has 0 saturated carbocycles. The molecule has 0 radical (unpaired) electrons. The molecule has 2 aromatic carbocycles. The first-order valence-electron chi connectivity index (χ1n) is 5.62. The second-order valence-corrected chi connectivity index (χ2v) is 3.78. The highest BCUT2D eigenvalue weighted by Gasteiger charge is 2.04. The summed E-state index contributed by atoms with van der Waals surface area (Å²) in [4.78, 5) is 15.0. The van der Waals surface area contributed by atoms with Crippen molar-refractivity contribution >= 4 is 24.3 Å². The van der Waals surface area contributed by atoms with Crippen LogP contribution in [0.4, 0.5) is 0 Å². The summed E-state index contributed by atoms with van der Waals surface area (Å²) in [5.74, 6) is 0.624. The molecule has 0 aliphatic heterocycles. The van der Waals surface area contributed by atoms with E-state index in [4.69, 9.17) is 16.2 Å². The molecule has 1 amide bonds. The summed E-state index contributed by atoms with van der Waals surface area (Å²) < 4.78 is 5.60. The van der Waals surface area contributed by atoms with Crippen molar-refractivity contribution in [3.63, 3.8) is 0 Å². The van der Waals surface area contributed by atoms with Gasteiger partial charge in [-0.15, -0.1) is 12.4 Å². The molecule has 104 valence electrons. The first kappa shape index (κ1) is 15.5. The van der Waals surface area contributed by atoms with Crippen molar-refractivity contribution in [1.29, 1.82) is 0 Å². The van der Waals surface area contributed by atoms with Gasteiger partial charge in [-0.1, -0.05) is 18.2 Å². The van der Waals surface area contributed by atoms with Gasteiger partial charge in [0.15, 0.2) is 5.96 Å². The van der Waals surface area contributed by atoms with Crippen LogP contribution < -0.4 is 16.2 Å². The number of hydrogen-bond acceptors (Lipinski definition) is 2. The summed E-state index contributed by atoms with van der Waals surface area (Å²) in [7, 11) is 0. The molecule has 0 heterocycles. The lowest BCUT2D eigenvalue weighted by molar-refractivity contribution is 0.100. The third-order valence-corrected chi connectivity index (χ3v) is 2.31. The average Bonchev–Trinajstić information content (AvgIpc) is 2.40. The Bertz CT molecular complexity index is 594. The molecule has 5 nitrogen and oxygen atoms in total. The van der Waals surface area contributed by atoms with Gasteiger partial charge >= 0.3 is 0 Å². The van der Waals surface area contributed by atoms with Crippen molar-refractivity contribution in [3.05, 3.63) is 60.2 Å². The second kappa shape index (κ2) is 7.16. The van der Waals surface area contributed by atoms with E-state index >= 15 is 0 Å². The maximum atomic E-state index is 11.5. The highest BCUT2D eigenvalue weighted by Crippen LogP contribution is 2.21. The van der Waals surface area contributed by atoms with Crippen LogP contribution in [0.25, 0.3) is 0 Å². The Labute approximate surface area is 122 Å². The standard InChI is InChI=1S/C14H13N3O2.ClH/c15-14(16)17-13(18)10-6-8-12(9-7-10)19-11-4-2-1-3-5-11;/h1-9H,(H4,15,16,17,18);1H. The summed E-state index contributed by atoms with van der Waals surface area (Å²) >= 11 is 0. The number of hydrogen-bond donors (Lipinski definition) is 2. The number of carbonyl (C=O) groups is 1. The fourth-order valence-electron chi connectivity index (χ4n) is 1.47. The first-order valence-corrected chi connectivity index (χ1v) is 5.62. The molecule has 0 atom stereocenters. The minimum Gasteiger partial charge on any atom is -0.457 e. The van der Waals surface area contributed by atoms with Crippen LogP contribution in [0.3, 0.4) is 0 Å². The van der Waals surface area contributed by atoms with Gasteiger partial charge in [0.1, 0.15) is 11.5 Å². The predicted molar refractivity (Wildman–Crippen MR) is 80.3 cm³/mol. The van der Waals surface area contributed by atoms with E-state index in [0.717, 1.165) is 5.75 Å². The summed E-state index contributed by atoms with van der Waals surface area (Å²) in [5.41, 5.74) is 10.7. The van der Waals surface area contributed by atoms with E-state index < -0.39 is 5.91 Å². The monoisotopic (exact) mass is 291 g/mol. The number of halogens is 1. The van der Waals surface area contributed by atoms with E-state index in [1.807, 2.05) is 30.3 Å². The number of amides is 1. The average molecular weight is 292 g/mol. The molecule has 2 rings (SSSR count). The molecule has 0 fully saturated rings. The molecule has 4 N–H and O–H groups in total. The Morgan fingerprint density at radius 1 is 0.900 bits per heavy atom. The molecule has 2 aromatic rings. The zero-order chi connectivity index (χ0) is 13.7. The van der Waals surface area contributed by atoms with E-state index in [1.165, 1.54) is 0 Å². The number of para-hydroxylation sites is 1. The minimum atomic E-state index is -0.480. The van der Waals surface area contributed by atoms with Crippen LogP contribution in [-0.2, 0) is 0 Å². The van der Waals surface area contributed by atoms with Gasteiger partial charge in [0.25, 0.3) is 5.91 Å². The zero-order valence-electron chi connectivity index (χ0n) is 10.5. The van der Waals surface area contributed by atoms with Crippen molar-refractivity contribution in [3.8, 4) is 11.5 Å². The van der Waals surface area contributed by atoms with Crippen molar-refractivity contribution < 1.29 is 9.53 Å². The largest absolute Gasteiger partial charge is 0.457 e. The molecule has 0 aromatic heterocycles. The molecule has 0 saturated heterocycles. The third-order valence-electron chi connectivity index (χ3n) is 2.31. The maximum Gasteiger partial charge on any atom is 0.280 e. The van der Waals surface area contributed by atoms with Crippen molar-refractivity contribution in [1.82, 2.24) is 0 Å². The number of aliphatic imine (C=N–C) groups is 1. The van der Waals surface area contributed by atoms with Gasteiger partial charge in [-0.3, -0.25) is 4.79 Å². The summed E-state index contributed by atoms with van der Waals surface area (Å²) in [6.45, 7) is 0. The number of carbonyl (C=O) groups excluding carboxylic acids is 1. The number of benzene rings is 2. The van der Waals surface area contributed by atoms with Gasteiger partial charge in [-0.25, -0.2) is 0 Å². The molecule has 20 heavy (non-hydrogen) atoms. The molecular weight excluding hydrogens is 278 g/mol. The normalized spacial score (nSPS) is 9.20. The minimum absolute atomic E-state index is 0. The number of ether oxygens (including phenoxy) is 1. The number of guanidine groups is 1. The number of nitrogens with two attached hydrogens (primary N) is 2. The van der Waals surface area contributed by atoms with E-state index in [1.54, 1.807) is 24.3 Å². The van der Waals surface area contributed by atoms with Gasteiger partial charge < -0.3 is 16.2 Å². The van der Waals surface area contributed by atoms with Crippen molar-refractivity contribution in [2.24, 2.45) is 16.5 Å². The van der Waals surface area contributed by atoms with Crippen molar-refractivity contribution in [2.45, 2.75) is 0 Å². The lowest BCUT2D eigenvalue weighted by atomic mass is 10.2. The van der Waals surface area contributed by atoms with Crippen LogP contribution in [0, 0.1) is 0 Å². The van der Waals surface area contributed by atoms with Crippen molar-refractivity contribution in [2.75, 3.05) is 0 Å². The number of nitrogens with zero attached hydrogens (tertiary/aromatic N) is 1. The van der Waals surface area contributed by atoms with Crippen LogP contribution >= 0.6 is 12.4 Å². The molecule has 6 heteroatoms. The molecular formula is C14H14ClN3O2. The molecule has 0 bridgehead atoms. The summed E-state index contributed by atoms with van der Waals surface area (Å²) in [6, 6.07) is 15.9. The van der Waals surface area contributed by atoms with Gasteiger partial charge in [-0.2, -0.15) is 4.99 Å². The van der Waals surface area contributed by atoms with E-state index in [0.29, 0.717) is 11.3 Å². The zero-order valence-corrected chi connectivity index (χ0v) is 11.3. The van der Waals surface area contributed by atoms with Crippen LogP contribution in [-0.4, -0.2) is 11.9 Å². The predicted octanol–water partition coefficient (Wildman–Crippen LogP) is 2.31. The van der Waals surface area contributed by atoms with Crippen LogP contribution in [0.1, 0.15) is 10.4 Å². The highest BCUT2D eigenvalue weighted by molar-refractivity contribution is 6.01. The summed E-state index contributed by atoms with van der Waals surface area (Å²) in [5, 5.41) is 0. The van der Waals surface area contributed by atoms with E-state index in [9.17, 15) is 4.79 Å².